The van der Waals surface area contributed by atoms with Crippen molar-refractivity contribution < 1.29 is 4.79 Å². The maximum Gasteiger partial charge on any atom is 0.274 e. The van der Waals surface area contributed by atoms with Crippen LogP contribution in [-0.4, -0.2) is 37.1 Å². The molecule has 0 unspecified atom stereocenters. The Morgan fingerprint density at radius 2 is 2.22 bits per heavy atom. The number of para-hydroxylation sites is 1. The highest BCUT2D eigenvalue weighted by molar-refractivity contribution is 7.09. The Bertz CT molecular complexity index is 1080. The van der Waals surface area contributed by atoms with Gasteiger partial charge in [-0.05, 0) is 36.4 Å². The molecule has 0 bridgehead atoms. The Balaban J connectivity index is 1.36. The molecule has 27 heavy (non-hydrogen) atoms. The summed E-state index contributed by atoms with van der Waals surface area (Å²) < 4.78 is 2.16. The molecule has 1 atom stereocenters. The molecule has 136 valence electrons. The molecule has 0 spiro atoms. The number of nitrogens with one attached hydrogen (secondary N) is 1. The molecular weight excluding hydrogens is 358 g/mol. The van der Waals surface area contributed by atoms with Gasteiger partial charge in [0.25, 0.3) is 5.91 Å². The highest BCUT2D eigenvalue weighted by Crippen LogP contribution is 2.33. The van der Waals surface area contributed by atoms with E-state index in [1.165, 1.54) is 10.9 Å². The quantitative estimate of drug-likeness (QED) is 0.587. The van der Waals surface area contributed by atoms with E-state index in [0.29, 0.717) is 12.2 Å². The van der Waals surface area contributed by atoms with Crippen LogP contribution in [0.25, 0.3) is 10.9 Å². The fourth-order valence-electron chi connectivity index (χ4n) is 3.83. The summed E-state index contributed by atoms with van der Waals surface area (Å²) >= 11 is 1.61. The van der Waals surface area contributed by atoms with Gasteiger partial charge in [-0.1, -0.05) is 18.2 Å². The molecule has 1 saturated heterocycles. The number of likely N-dealkylation sites (tertiary alicyclic amines) is 1. The second-order valence-electron chi connectivity index (χ2n) is 6.81. The molecule has 4 heterocycles. The van der Waals surface area contributed by atoms with Crippen molar-refractivity contribution in [3.8, 4) is 0 Å². The van der Waals surface area contributed by atoms with Gasteiger partial charge in [0.1, 0.15) is 10.7 Å². The summed E-state index contributed by atoms with van der Waals surface area (Å²) in [6, 6.07) is 12.3. The molecule has 1 aromatic carbocycles. The molecule has 1 fully saturated rings. The normalized spacial score (nSPS) is 17.0. The van der Waals surface area contributed by atoms with E-state index in [2.05, 4.69) is 44.1 Å². The Labute approximate surface area is 160 Å². The Kier molecular flexibility index (Phi) is 4.01. The van der Waals surface area contributed by atoms with Gasteiger partial charge in [0.2, 0.25) is 0 Å². The zero-order valence-corrected chi connectivity index (χ0v) is 15.5. The number of carbonyl (C=O) groups excluding carboxylic acids is 1. The number of thiazole rings is 1. The number of hydrogen-bond donors (Lipinski definition) is 1. The van der Waals surface area contributed by atoms with Crippen molar-refractivity contribution in [3.05, 3.63) is 70.6 Å². The summed E-state index contributed by atoms with van der Waals surface area (Å²) in [4.78, 5) is 19.3. The van der Waals surface area contributed by atoms with Gasteiger partial charge in [0, 0.05) is 29.8 Å². The maximum atomic E-state index is 13.0. The first-order valence-electron chi connectivity index (χ1n) is 9.08. The van der Waals surface area contributed by atoms with E-state index in [1.807, 2.05) is 28.5 Å². The highest BCUT2D eigenvalue weighted by Gasteiger charge is 2.33. The van der Waals surface area contributed by atoms with Crippen LogP contribution in [0.5, 0.6) is 0 Å². The summed E-state index contributed by atoms with van der Waals surface area (Å²) in [5.74, 6) is -0.0208. The molecule has 7 heteroatoms. The zero-order valence-electron chi connectivity index (χ0n) is 14.7. The van der Waals surface area contributed by atoms with Crippen molar-refractivity contribution in [2.45, 2.75) is 25.4 Å². The molecule has 3 aromatic heterocycles. The SMILES string of the molecule is O=C(c1cc(Cn2ccc3ccccc32)[nH]n1)N1CCC[C@@H]1c1nccs1. The Hall–Kier alpha value is -2.93. The van der Waals surface area contributed by atoms with Crippen molar-refractivity contribution in [1.82, 2.24) is 24.6 Å². The fourth-order valence-corrected chi connectivity index (χ4v) is 4.61. The zero-order chi connectivity index (χ0) is 18.2. The van der Waals surface area contributed by atoms with Crippen LogP contribution in [0.4, 0.5) is 0 Å². The van der Waals surface area contributed by atoms with Crippen molar-refractivity contribution in [1.29, 1.82) is 0 Å². The largest absolute Gasteiger partial charge is 0.341 e. The molecular formula is C20H19N5OS. The van der Waals surface area contributed by atoms with Gasteiger partial charge >= 0.3 is 0 Å². The minimum Gasteiger partial charge on any atom is -0.341 e. The predicted molar refractivity (Wildman–Crippen MR) is 105 cm³/mol. The summed E-state index contributed by atoms with van der Waals surface area (Å²) in [6.45, 7) is 1.41. The second-order valence-corrected chi connectivity index (χ2v) is 7.73. The van der Waals surface area contributed by atoms with Crippen LogP contribution in [0.3, 0.4) is 0 Å². The lowest BCUT2D eigenvalue weighted by Crippen LogP contribution is -2.30. The van der Waals surface area contributed by atoms with Crippen LogP contribution < -0.4 is 0 Å². The van der Waals surface area contributed by atoms with E-state index in [1.54, 1.807) is 17.5 Å². The molecule has 0 saturated carbocycles. The molecule has 5 rings (SSSR count). The number of amides is 1. The Morgan fingerprint density at radius 3 is 3.11 bits per heavy atom. The lowest BCUT2D eigenvalue weighted by atomic mass is 10.2. The molecule has 1 aliphatic rings. The van der Waals surface area contributed by atoms with E-state index < -0.39 is 0 Å². The number of fused-ring (bicyclic) bond motifs is 1. The topological polar surface area (TPSA) is 66.8 Å². The average molecular weight is 377 g/mol. The third-order valence-electron chi connectivity index (χ3n) is 5.12. The molecule has 4 aromatic rings. The van der Waals surface area contributed by atoms with Gasteiger partial charge in [-0.25, -0.2) is 4.98 Å². The van der Waals surface area contributed by atoms with Crippen LogP contribution in [0.1, 0.15) is 40.1 Å². The smallest absolute Gasteiger partial charge is 0.274 e. The second kappa shape index (κ2) is 6.66. The molecule has 6 nitrogen and oxygen atoms in total. The number of aromatic nitrogens is 4. The summed E-state index contributed by atoms with van der Waals surface area (Å²) in [7, 11) is 0. The third kappa shape index (κ3) is 2.94. The minimum absolute atomic E-state index is 0.0208. The number of rotatable bonds is 4. The number of aromatic amines is 1. The van der Waals surface area contributed by atoms with Crippen LogP contribution in [-0.2, 0) is 6.54 Å². The van der Waals surface area contributed by atoms with Gasteiger partial charge in [-0.2, -0.15) is 5.10 Å². The molecule has 1 amide bonds. The van der Waals surface area contributed by atoms with Crippen LogP contribution in [0.2, 0.25) is 0 Å². The highest BCUT2D eigenvalue weighted by atomic mass is 32.1. The molecule has 0 radical (unpaired) electrons. The number of H-pyrrole nitrogens is 1. The summed E-state index contributed by atoms with van der Waals surface area (Å²) in [5.41, 5.74) is 2.57. The lowest BCUT2D eigenvalue weighted by molar-refractivity contribution is 0.0729. The van der Waals surface area contributed by atoms with Crippen molar-refractivity contribution in [3.63, 3.8) is 0 Å². The molecule has 0 aliphatic carbocycles. The van der Waals surface area contributed by atoms with Crippen molar-refractivity contribution >= 4 is 28.1 Å². The first-order valence-corrected chi connectivity index (χ1v) is 9.96. The van der Waals surface area contributed by atoms with Gasteiger partial charge in [0.15, 0.2) is 0 Å². The lowest BCUT2D eigenvalue weighted by Gasteiger charge is -2.21. The van der Waals surface area contributed by atoms with E-state index in [9.17, 15) is 4.79 Å². The molecule has 1 N–H and O–H groups in total. The first-order chi connectivity index (χ1) is 13.3. The number of carbonyl (C=O) groups is 1. The van der Waals surface area contributed by atoms with Gasteiger partial charge in [-0.15, -0.1) is 11.3 Å². The van der Waals surface area contributed by atoms with Gasteiger partial charge < -0.3 is 9.47 Å². The van der Waals surface area contributed by atoms with E-state index in [-0.39, 0.29) is 11.9 Å². The number of hydrogen-bond acceptors (Lipinski definition) is 4. The summed E-state index contributed by atoms with van der Waals surface area (Å²) in [5, 5.41) is 11.5. The average Bonchev–Trinajstić information content (AvgIpc) is 3.47. The molecule has 1 aliphatic heterocycles. The maximum absolute atomic E-state index is 13.0. The predicted octanol–water partition coefficient (Wildman–Crippen LogP) is 3.85. The standard InChI is InChI=1S/C20H19N5OS/c26-20(25-9-3-6-18(25)19-21-8-11-27-19)16-12-15(22-23-16)13-24-10-7-14-4-1-2-5-17(14)24/h1-2,4-5,7-8,10-12,18H,3,6,9,13H2,(H,22,23)/t18-/m1/s1. The summed E-state index contributed by atoms with van der Waals surface area (Å²) in [6.07, 6.45) is 5.83. The minimum atomic E-state index is -0.0208. The number of benzene rings is 1. The Morgan fingerprint density at radius 1 is 1.30 bits per heavy atom. The van der Waals surface area contributed by atoms with E-state index in [4.69, 9.17) is 0 Å². The monoisotopic (exact) mass is 377 g/mol. The fraction of sp³-hybridized carbons (Fsp3) is 0.250. The van der Waals surface area contributed by atoms with Gasteiger partial charge in [-0.3, -0.25) is 9.89 Å². The van der Waals surface area contributed by atoms with Crippen molar-refractivity contribution in [2.75, 3.05) is 6.54 Å². The van der Waals surface area contributed by atoms with E-state index >= 15 is 0 Å². The van der Waals surface area contributed by atoms with Crippen LogP contribution in [0, 0.1) is 0 Å². The number of nitrogens with zero attached hydrogens (tertiary/aromatic N) is 4. The van der Waals surface area contributed by atoms with Crippen molar-refractivity contribution in [2.24, 2.45) is 0 Å². The first kappa shape index (κ1) is 16.3. The van der Waals surface area contributed by atoms with E-state index in [0.717, 1.165) is 30.1 Å². The van der Waals surface area contributed by atoms with Gasteiger partial charge in [0.05, 0.1) is 18.3 Å². The third-order valence-corrected chi connectivity index (χ3v) is 6.00. The van der Waals surface area contributed by atoms with Crippen LogP contribution >= 0.6 is 11.3 Å². The van der Waals surface area contributed by atoms with Crippen LogP contribution in [0.15, 0.2) is 54.2 Å².